The van der Waals surface area contributed by atoms with E-state index in [0.717, 1.165) is 5.56 Å². The van der Waals surface area contributed by atoms with Gasteiger partial charge in [0.1, 0.15) is 11.5 Å². The second-order valence-corrected chi connectivity index (χ2v) is 9.84. The first-order chi connectivity index (χ1) is 17.4. The Morgan fingerprint density at radius 3 is 2.58 bits per heavy atom. The molecule has 4 aromatic rings. The van der Waals surface area contributed by atoms with Gasteiger partial charge in [-0.25, -0.2) is 4.99 Å². The number of aromatic nitrogens is 1. The standard InChI is InChI=1S/C27H22BrN3O4S/c1-3-34-19-11-9-17(10-12-19)24-23(25(32)30-18-7-5-4-6-8-18)16(2)29-27-31(24)26(33)21(36-27)15-20-13-14-22(28)35-20/h4-15,24H,3H2,1-2H3,(H,30,32). The number of anilines is 1. The second kappa shape index (κ2) is 10.1. The average Bonchev–Trinajstić information content (AvgIpc) is 3.41. The third kappa shape index (κ3) is 4.72. The van der Waals surface area contributed by atoms with Crippen LogP contribution in [0.1, 0.15) is 31.2 Å². The van der Waals surface area contributed by atoms with Crippen molar-refractivity contribution < 1.29 is 13.9 Å². The molecule has 7 nitrogen and oxygen atoms in total. The SMILES string of the molecule is CCOc1ccc(C2C(C(=O)Nc3ccccc3)=C(C)N=c3sc(=Cc4ccc(Br)o4)c(=O)n32)cc1. The van der Waals surface area contributed by atoms with Gasteiger partial charge >= 0.3 is 0 Å². The lowest BCUT2D eigenvalue weighted by Gasteiger charge is -2.25. The molecule has 1 unspecified atom stereocenters. The number of hydrogen-bond acceptors (Lipinski definition) is 6. The number of benzene rings is 2. The van der Waals surface area contributed by atoms with E-state index < -0.39 is 6.04 Å². The minimum absolute atomic E-state index is 0.248. The van der Waals surface area contributed by atoms with Crippen LogP contribution in [0.25, 0.3) is 6.08 Å². The molecule has 0 saturated carbocycles. The van der Waals surface area contributed by atoms with Crippen molar-refractivity contribution in [3.8, 4) is 5.75 Å². The Labute approximate surface area is 219 Å². The summed E-state index contributed by atoms with van der Waals surface area (Å²) in [6.07, 6.45) is 1.69. The Bertz CT molecular complexity index is 1630. The third-order valence-corrected chi connectivity index (χ3v) is 7.08. The molecule has 9 heteroatoms. The van der Waals surface area contributed by atoms with Gasteiger partial charge in [0.25, 0.3) is 11.5 Å². The van der Waals surface area contributed by atoms with E-state index in [9.17, 15) is 9.59 Å². The summed E-state index contributed by atoms with van der Waals surface area (Å²) in [6, 6.07) is 19.5. The first-order valence-electron chi connectivity index (χ1n) is 11.3. The van der Waals surface area contributed by atoms with E-state index in [1.165, 1.54) is 11.3 Å². The zero-order valence-electron chi connectivity index (χ0n) is 19.5. The molecule has 0 fully saturated rings. The number of fused-ring (bicyclic) bond motifs is 1. The van der Waals surface area contributed by atoms with Crippen LogP contribution in [0.2, 0.25) is 0 Å². The van der Waals surface area contributed by atoms with Gasteiger partial charge in [-0.1, -0.05) is 41.7 Å². The molecule has 0 radical (unpaired) electrons. The number of halogens is 1. The van der Waals surface area contributed by atoms with Crippen LogP contribution in [0.3, 0.4) is 0 Å². The number of carbonyl (C=O) groups excluding carboxylic acids is 1. The molecule has 2 aromatic carbocycles. The van der Waals surface area contributed by atoms with E-state index in [1.54, 1.807) is 29.7 Å². The highest BCUT2D eigenvalue weighted by atomic mass is 79.9. The van der Waals surface area contributed by atoms with Gasteiger partial charge in [0.2, 0.25) is 0 Å². The average molecular weight is 564 g/mol. The van der Waals surface area contributed by atoms with E-state index in [1.807, 2.05) is 61.5 Å². The summed E-state index contributed by atoms with van der Waals surface area (Å²) in [5.74, 6) is 0.945. The van der Waals surface area contributed by atoms with E-state index in [0.29, 0.717) is 49.1 Å². The van der Waals surface area contributed by atoms with Crippen LogP contribution in [-0.4, -0.2) is 17.1 Å². The van der Waals surface area contributed by atoms with Crippen LogP contribution in [0, 0.1) is 0 Å². The number of ether oxygens (including phenoxy) is 1. The van der Waals surface area contributed by atoms with Gasteiger partial charge in [-0.05, 0) is 71.7 Å². The van der Waals surface area contributed by atoms with Crippen molar-refractivity contribution in [3.63, 3.8) is 0 Å². The lowest BCUT2D eigenvalue weighted by atomic mass is 9.95. The van der Waals surface area contributed by atoms with Gasteiger partial charge in [-0.3, -0.25) is 14.2 Å². The summed E-state index contributed by atoms with van der Waals surface area (Å²) in [5, 5.41) is 2.95. The minimum Gasteiger partial charge on any atom is -0.494 e. The van der Waals surface area contributed by atoms with Gasteiger partial charge in [0.05, 0.1) is 28.5 Å². The lowest BCUT2D eigenvalue weighted by molar-refractivity contribution is -0.113. The maximum atomic E-state index is 13.7. The predicted octanol–water partition coefficient (Wildman–Crippen LogP) is 4.63. The molecule has 1 atom stereocenters. The van der Waals surface area contributed by atoms with Crippen LogP contribution >= 0.6 is 27.3 Å². The number of amides is 1. The van der Waals surface area contributed by atoms with Crippen molar-refractivity contribution in [1.29, 1.82) is 0 Å². The maximum Gasteiger partial charge on any atom is 0.271 e. The summed E-state index contributed by atoms with van der Waals surface area (Å²) < 4.78 is 13.8. The van der Waals surface area contributed by atoms with Crippen LogP contribution in [0.15, 0.2) is 96.9 Å². The summed E-state index contributed by atoms with van der Waals surface area (Å²) in [4.78, 5) is 32.4. The number of thiazole rings is 1. The highest BCUT2D eigenvalue weighted by Crippen LogP contribution is 2.31. The number of hydrogen-bond donors (Lipinski definition) is 1. The molecule has 0 aliphatic carbocycles. The smallest absolute Gasteiger partial charge is 0.271 e. The van der Waals surface area contributed by atoms with Gasteiger partial charge in [0, 0.05) is 11.8 Å². The monoisotopic (exact) mass is 563 g/mol. The van der Waals surface area contributed by atoms with Gasteiger partial charge < -0.3 is 14.5 Å². The van der Waals surface area contributed by atoms with Crippen molar-refractivity contribution in [3.05, 3.63) is 114 Å². The molecule has 3 heterocycles. The normalized spacial score (nSPS) is 15.4. The molecule has 36 heavy (non-hydrogen) atoms. The molecule has 5 rings (SSSR count). The molecule has 1 aliphatic heterocycles. The fraction of sp³-hybridized carbons (Fsp3) is 0.148. The zero-order chi connectivity index (χ0) is 25.2. The van der Waals surface area contributed by atoms with E-state index in [4.69, 9.17) is 9.15 Å². The largest absolute Gasteiger partial charge is 0.494 e. The fourth-order valence-electron chi connectivity index (χ4n) is 4.10. The maximum absolute atomic E-state index is 13.7. The van der Waals surface area contributed by atoms with E-state index in [2.05, 4.69) is 26.2 Å². The molecule has 1 aliphatic rings. The fourth-order valence-corrected chi connectivity index (χ4v) is 5.44. The first kappa shape index (κ1) is 24.0. The van der Waals surface area contributed by atoms with Crippen molar-refractivity contribution in [2.75, 3.05) is 11.9 Å². The van der Waals surface area contributed by atoms with Crippen molar-refractivity contribution in [1.82, 2.24) is 4.57 Å². The van der Waals surface area contributed by atoms with E-state index >= 15 is 0 Å². The first-order valence-corrected chi connectivity index (χ1v) is 12.9. The van der Waals surface area contributed by atoms with Crippen LogP contribution in [0.5, 0.6) is 5.75 Å². The van der Waals surface area contributed by atoms with Crippen LogP contribution in [0.4, 0.5) is 5.69 Å². The summed E-state index contributed by atoms with van der Waals surface area (Å²) in [6.45, 7) is 4.26. The number of allylic oxidation sites excluding steroid dienone is 1. The molecular formula is C27H22BrN3O4S. The van der Waals surface area contributed by atoms with Gasteiger partial charge in [-0.2, -0.15) is 0 Å². The molecular weight excluding hydrogens is 542 g/mol. The molecule has 0 bridgehead atoms. The number of nitrogens with zero attached hydrogens (tertiary/aromatic N) is 2. The van der Waals surface area contributed by atoms with Gasteiger partial charge in [-0.15, -0.1) is 0 Å². The number of rotatable bonds is 6. The van der Waals surface area contributed by atoms with Crippen molar-refractivity contribution >= 4 is 44.9 Å². The minimum atomic E-state index is -0.661. The molecule has 0 spiro atoms. The lowest BCUT2D eigenvalue weighted by Crippen LogP contribution is -2.40. The zero-order valence-corrected chi connectivity index (χ0v) is 21.9. The molecule has 0 saturated heterocycles. The molecule has 1 amide bonds. The summed E-state index contributed by atoms with van der Waals surface area (Å²) in [7, 11) is 0. The highest BCUT2D eigenvalue weighted by molar-refractivity contribution is 9.10. The second-order valence-electron chi connectivity index (χ2n) is 8.05. The Hall–Kier alpha value is -3.69. The quantitative estimate of drug-likeness (QED) is 0.370. The van der Waals surface area contributed by atoms with Crippen molar-refractivity contribution in [2.45, 2.75) is 19.9 Å². The van der Waals surface area contributed by atoms with Crippen molar-refractivity contribution in [2.24, 2.45) is 4.99 Å². The number of para-hydroxylation sites is 1. The third-order valence-electron chi connectivity index (χ3n) is 5.67. The Kier molecular flexibility index (Phi) is 6.75. The highest BCUT2D eigenvalue weighted by Gasteiger charge is 2.32. The number of carbonyl (C=O) groups is 1. The van der Waals surface area contributed by atoms with Gasteiger partial charge in [0.15, 0.2) is 9.47 Å². The Morgan fingerprint density at radius 2 is 1.92 bits per heavy atom. The summed E-state index contributed by atoms with van der Waals surface area (Å²) >= 11 is 4.55. The molecule has 182 valence electrons. The Balaban J connectivity index is 1.66. The number of furan rings is 1. The van der Waals surface area contributed by atoms with E-state index in [-0.39, 0.29) is 11.5 Å². The molecule has 2 aromatic heterocycles. The summed E-state index contributed by atoms with van der Waals surface area (Å²) in [5.41, 5.74) is 2.15. The van der Waals surface area contributed by atoms with Crippen LogP contribution < -0.4 is 24.9 Å². The van der Waals surface area contributed by atoms with Crippen LogP contribution in [-0.2, 0) is 4.79 Å². The topological polar surface area (TPSA) is 85.8 Å². The Morgan fingerprint density at radius 1 is 1.17 bits per heavy atom. The predicted molar refractivity (Wildman–Crippen MR) is 143 cm³/mol. The number of nitrogens with one attached hydrogen (secondary N) is 1. The molecule has 1 N–H and O–H groups in total.